The number of carboxylic acid groups (broad SMARTS) is 1. The van der Waals surface area contributed by atoms with Gasteiger partial charge in [0, 0.05) is 12.2 Å². The molecule has 0 bridgehead atoms. The zero-order chi connectivity index (χ0) is 15.2. The number of carbonyl (C=O) groups is 2. The van der Waals surface area contributed by atoms with E-state index in [2.05, 4.69) is 5.32 Å². The Morgan fingerprint density at radius 2 is 2.33 bits per heavy atom. The third kappa shape index (κ3) is 4.46. The van der Waals surface area contributed by atoms with Crippen molar-refractivity contribution in [2.24, 2.45) is 0 Å². The van der Waals surface area contributed by atoms with Crippen molar-refractivity contribution in [2.45, 2.75) is 31.9 Å². The Labute approximate surface area is 123 Å². The summed E-state index contributed by atoms with van der Waals surface area (Å²) in [6.07, 6.45) is 2.13. The molecule has 1 fully saturated rings. The second-order valence-electron chi connectivity index (χ2n) is 5.01. The summed E-state index contributed by atoms with van der Waals surface area (Å²) in [6.45, 7) is 2.64. The minimum absolute atomic E-state index is 0.106. The molecule has 1 aliphatic heterocycles. The molecule has 6 heteroatoms. The van der Waals surface area contributed by atoms with E-state index in [9.17, 15) is 9.59 Å². The summed E-state index contributed by atoms with van der Waals surface area (Å²) in [7, 11) is 0. The Kier molecular flexibility index (Phi) is 5.16. The van der Waals surface area contributed by atoms with Gasteiger partial charge in [0.15, 0.2) is 0 Å². The van der Waals surface area contributed by atoms with Gasteiger partial charge in [0.1, 0.15) is 18.4 Å². The second-order valence-corrected chi connectivity index (χ2v) is 5.01. The van der Waals surface area contributed by atoms with E-state index in [4.69, 9.17) is 14.6 Å². The number of rotatable bonds is 6. The molecular formula is C15H19NO5. The molecule has 0 saturated carbocycles. The summed E-state index contributed by atoms with van der Waals surface area (Å²) in [5.41, 5.74) is 0.368. The van der Waals surface area contributed by atoms with E-state index >= 15 is 0 Å². The third-order valence-corrected chi connectivity index (χ3v) is 3.27. The smallest absolute Gasteiger partial charge is 0.325 e. The maximum absolute atomic E-state index is 11.9. The molecule has 1 aromatic carbocycles. The molecule has 2 N–H and O–H groups in total. The molecule has 1 unspecified atom stereocenters. The fraction of sp³-hybridized carbons (Fsp3) is 0.467. The molecule has 1 aromatic rings. The summed E-state index contributed by atoms with van der Waals surface area (Å²) < 4.78 is 11.1. The zero-order valence-electron chi connectivity index (χ0n) is 11.9. The highest BCUT2D eigenvalue weighted by molar-refractivity contribution is 5.96. The van der Waals surface area contributed by atoms with Crippen molar-refractivity contribution in [2.75, 3.05) is 13.2 Å². The molecule has 1 amide bonds. The van der Waals surface area contributed by atoms with Gasteiger partial charge >= 0.3 is 5.97 Å². The molecule has 21 heavy (non-hydrogen) atoms. The van der Waals surface area contributed by atoms with Crippen molar-refractivity contribution in [1.82, 2.24) is 5.32 Å². The summed E-state index contributed by atoms with van der Waals surface area (Å²) in [6, 6.07) is 5.73. The number of carbonyl (C=O) groups excluding carboxylic acids is 1. The van der Waals surface area contributed by atoms with Gasteiger partial charge in [-0.25, -0.2) is 0 Å². The van der Waals surface area contributed by atoms with E-state index in [1.165, 1.54) is 6.92 Å². The third-order valence-electron chi connectivity index (χ3n) is 3.27. The van der Waals surface area contributed by atoms with Crippen molar-refractivity contribution < 1.29 is 24.2 Å². The van der Waals surface area contributed by atoms with Crippen molar-refractivity contribution in [3.05, 3.63) is 29.8 Å². The maximum atomic E-state index is 11.9. The predicted molar refractivity (Wildman–Crippen MR) is 75.5 cm³/mol. The average Bonchev–Trinajstić information content (AvgIpc) is 2.98. The fourth-order valence-corrected chi connectivity index (χ4v) is 2.03. The van der Waals surface area contributed by atoms with Crippen molar-refractivity contribution >= 4 is 11.9 Å². The van der Waals surface area contributed by atoms with Crippen LogP contribution in [0.3, 0.4) is 0 Å². The Morgan fingerprint density at radius 1 is 1.52 bits per heavy atom. The Balaban J connectivity index is 1.93. The van der Waals surface area contributed by atoms with Crippen molar-refractivity contribution in [3.63, 3.8) is 0 Å². The molecule has 0 aromatic heterocycles. The minimum Gasteiger partial charge on any atom is -0.491 e. The van der Waals surface area contributed by atoms with Gasteiger partial charge in [-0.2, -0.15) is 0 Å². The molecule has 2 atom stereocenters. The first kappa shape index (κ1) is 15.3. The van der Waals surface area contributed by atoms with Crippen LogP contribution in [0.25, 0.3) is 0 Å². The van der Waals surface area contributed by atoms with E-state index in [0.717, 1.165) is 19.4 Å². The largest absolute Gasteiger partial charge is 0.491 e. The van der Waals surface area contributed by atoms with Crippen LogP contribution in [0.5, 0.6) is 5.75 Å². The van der Waals surface area contributed by atoms with Crippen LogP contribution < -0.4 is 10.1 Å². The zero-order valence-corrected chi connectivity index (χ0v) is 11.9. The number of hydrogen-bond acceptors (Lipinski definition) is 4. The van der Waals surface area contributed by atoms with Gasteiger partial charge in [-0.3, -0.25) is 9.59 Å². The van der Waals surface area contributed by atoms with Gasteiger partial charge in [0.05, 0.1) is 6.10 Å². The molecule has 1 saturated heterocycles. The minimum atomic E-state index is -1.07. The maximum Gasteiger partial charge on any atom is 0.325 e. The number of carboxylic acids is 1. The molecule has 6 nitrogen and oxygen atoms in total. The van der Waals surface area contributed by atoms with Crippen LogP contribution in [0.15, 0.2) is 24.3 Å². The normalized spacial score (nSPS) is 19.0. The molecule has 2 rings (SSSR count). The lowest BCUT2D eigenvalue weighted by atomic mass is 10.2. The number of aliphatic carboxylic acids is 1. The molecule has 114 valence electrons. The Bertz CT molecular complexity index is 511. The molecule has 0 radical (unpaired) electrons. The van der Waals surface area contributed by atoms with Crippen LogP contribution in [0.4, 0.5) is 0 Å². The van der Waals surface area contributed by atoms with Gasteiger partial charge in [0.25, 0.3) is 5.91 Å². The monoisotopic (exact) mass is 293 g/mol. The van der Waals surface area contributed by atoms with Crippen LogP contribution in [0, 0.1) is 0 Å². The quantitative estimate of drug-likeness (QED) is 0.829. The van der Waals surface area contributed by atoms with Gasteiger partial charge in [-0.15, -0.1) is 0 Å². The number of benzene rings is 1. The fourth-order valence-electron chi connectivity index (χ4n) is 2.03. The lowest BCUT2D eigenvalue weighted by molar-refractivity contribution is -0.138. The SMILES string of the molecule is C[C@H](NC(=O)c1cccc(OCC2CCCO2)c1)C(=O)O. The Morgan fingerprint density at radius 3 is 3.00 bits per heavy atom. The van der Waals surface area contributed by atoms with E-state index in [1.807, 2.05) is 0 Å². The van der Waals surface area contributed by atoms with Gasteiger partial charge in [0.2, 0.25) is 0 Å². The summed E-state index contributed by atoms with van der Waals surface area (Å²) in [5.74, 6) is -0.942. The standard InChI is InChI=1S/C15H19NO5/c1-10(15(18)19)16-14(17)11-4-2-5-12(8-11)21-9-13-6-3-7-20-13/h2,4-5,8,10,13H,3,6-7,9H2,1H3,(H,16,17)(H,18,19)/t10-,13?/m0/s1. The number of nitrogens with one attached hydrogen (secondary N) is 1. The highest BCUT2D eigenvalue weighted by atomic mass is 16.5. The molecule has 1 heterocycles. The van der Waals surface area contributed by atoms with Crippen molar-refractivity contribution in [3.8, 4) is 5.75 Å². The van der Waals surface area contributed by atoms with Crippen LogP contribution in [0.2, 0.25) is 0 Å². The molecule has 1 aliphatic rings. The highest BCUT2D eigenvalue weighted by Gasteiger charge is 2.17. The number of hydrogen-bond donors (Lipinski definition) is 2. The van der Waals surface area contributed by atoms with E-state index in [1.54, 1.807) is 24.3 Å². The van der Waals surface area contributed by atoms with Crippen LogP contribution in [-0.2, 0) is 9.53 Å². The van der Waals surface area contributed by atoms with E-state index < -0.39 is 17.9 Å². The lowest BCUT2D eigenvalue weighted by Gasteiger charge is -2.13. The first-order valence-electron chi connectivity index (χ1n) is 6.94. The van der Waals surface area contributed by atoms with Gasteiger partial charge in [-0.05, 0) is 38.0 Å². The van der Waals surface area contributed by atoms with E-state index in [-0.39, 0.29) is 6.10 Å². The Hall–Kier alpha value is -2.08. The summed E-state index contributed by atoms with van der Waals surface area (Å²) >= 11 is 0. The first-order valence-corrected chi connectivity index (χ1v) is 6.94. The van der Waals surface area contributed by atoms with Crippen LogP contribution >= 0.6 is 0 Å². The molecule has 0 aliphatic carbocycles. The molecule has 0 spiro atoms. The van der Waals surface area contributed by atoms with E-state index in [0.29, 0.717) is 17.9 Å². The summed E-state index contributed by atoms with van der Waals surface area (Å²) in [4.78, 5) is 22.6. The topological polar surface area (TPSA) is 84.9 Å². The first-order chi connectivity index (χ1) is 10.1. The van der Waals surface area contributed by atoms with Crippen molar-refractivity contribution in [1.29, 1.82) is 0 Å². The summed E-state index contributed by atoms with van der Waals surface area (Å²) in [5, 5.41) is 11.2. The van der Waals surface area contributed by atoms with Crippen LogP contribution in [0.1, 0.15) is 30.1 Å². The van der Waals surface area contributed by atoms with Gasteiger partial charge in [-0.1, -0.05) is 6.07 Å². The van der Waals surface area contributed by atoms with Gasteiger partial charge < -0.3 is 19.9 Å². The lowest BCUT2D eigenvalue weighted by Crippen LogP contribution is -2.38. The second kappa shape index (κ2) is 7.08. The average molecular weight is 293 g/mol. The molecular weight excluding hydrogens is 274 g/mol. The van der Waals surface area contributed by atoms with Crippen LogP contribution in [-0.4, -0.2) is 42.3 Å². The highest BCUT2D eigenvalue weighted by Crippen LogP contribution is 2.17. The number of ether oxygens (including phenoxy) is 2. The predicted octanol–water partition coefficient (Wildman–Crippen LogP) is 1.45. The number of amides is 1.